The number of carbonyl (C=O) groups is 1. The molecule has 0 atom stereocenters. The fourth-order valence-corrected chi connectivity index (χ4v) is 2.69. The molecule has 1 aliphatic carbocycles. The normalized spacial score (nSPS) is 24.5. The second-order valence-corrected chi connectivity index (χ2v) is 4.91. The quantitative estimate of drug-likeness (QED) is 0.844. The third-order valence-corrected chi connectivity index (χ3v) is 3.67. The van der Waals surface area contributed by atoms with Gasteiger partial charge in [0.25, 0.3) is 0 Å². The lowest BCUT2D eigenvalue weighted by Crippen LogP contribution is -2.16. The Morgan fingerprint density at radius 2 is 1.71 bits per heavy atom. The van der Waals surface area contributed by atoms with Gasteiger partial charge in [-0.2, -0.15) is 0 Å². The number of benzene rings is 1. The van der Waals surface area contributed by atoms with Crippen molar-refractivity contribution in [3.05, 3.63) is 29.8 Å². The summed E-state index contributed by atoms with van der Waals surface area (Å²) >= 11 is 0. The zero-order valence-electron chi connectivity index (χ0n) is 9.80. The lowest BCUT2D eigenvalue weighted by molar-refractivity contribution is -0.138. The van der Waals surface area contributed by atoms with E-state index in [0.29, 0.717) is 24.0 Å². The van der Waals surface area contributed by atoms with Crippen molar-refractivity contribution in [2.24, 2.45) is 5.92 Å². The largest absolute Gasteiger partial charge is 0.508 e. The Morgan fingerprint density at radius 3 is 2.24 bits per heavy atom. The molecule has 17 heavy (non-hydrogen) atoms. The van der Waals surface area contributed by atoms with Crippen LogP contribution in [0.25, 0.3) is 0 Å². The van der Waals surface area contributed by atoms with E-state index in [2.05, 4.69) is 0 Å². The van der Waals surface area contributed by atoms with E-state index in [1.54, 1.807) is 12.1 Å². The molecule has 0 spiro atoms. The molecule has 2 N–H and O–H groups in total. The van der Waals surface area contributed by atoms with Crippen LogP contribution in [-0.4, -0.2) is 16.2 Å². The standard InChI is InChI=1S/C14H18O3/c15-13-7-5-12(6-8-13)11-3-1-10(2-4-11)9-14(16)17/h5-8,10-11,15H,1-4,9H2,(H,16,17)/t10-,11-. The first-order valence-electron chi connectivity index (χ1n) is 6.16. The lowest BCUT2D eigenvalue weighted by atomic mass is 9.77. The van der Waals surface area contributed by atoms with Gasteiger partial charge in [0, 0.05) is 6.42 Å². The predicted octanol–water partition coefficient (Wildman–Crippen LogP) is 3.14. The number of carboxylic acid groups (broad SMARTS) is 1. The average Bonchev–Trinajstić information content (AvgIpc) is 2.30. The molecule has 1 aromatic rings. The van der Waals surface area contributed by atoms with Gasteiger partial charge in [-0.25, -0.2) is 0 Å². The SMILES string of the molecule is O=C(O)C[C@H]1CC[C@H](c2ccc(O)cc2)CC1. The van der Waals surface area contributed by atoms with Crippen LogP contribution >= 0.6 is 0 Å². The first kappa shape index (κ1) is 12.0. The minimum absolute atomic E-state index is 0.299. The summed E-state index contributed by atoms with van der Waals surface area (Å²) in [6.07, 6.45) is 4.42. The summed E-state index contributed by atoms with van der Waals surface area (Å²) in [6, 6.07) is 7.38. The highest BCUT2D eigenvalue weighted by Gasteiger charge is 2.23. The summed E-state index contributed by atoms with van der Waals surface area (Å²) < 4.78 is 0. The molecule has 0 heterocycles. The van der Waals surface area contributed by atoms with Gasteiger partial charge in [-0.1, -0.05) is 12.1 Å². The van der Waals surface area contributed by atoms with E-state index in [9.17, 15) is 9.90 Å². The molecule has 2 rings (SSSR count). The van der Waals surface area contributed by atoms with Crippen molar-refractivity contribution in [3.63, 3.8) is 0 Å². The maximum atomic E-state index is 10.6. The molecule has 1 fully saturated rings. The van der Waals surface area contributed by atoms with Crippen molar-refractivity contribution in [2.75, 3.05) is 0 Å². The zero-order chi connectivity index (χ0) is 12.3. The Labute approximate surface area is 101 Å². The number of hydrogen-bond donors (Lipinski definition) is 2. The van der Waals surface area contributed by atoms with Gasteiger partial charge in [-0.15, -0.1) is 0 Å². The van der Waals surface area contributed by atoms with Crippen molar-refractivity contribution in [2.45, 2.75) is 38.0 Å². The highest BCUT2D eigenvalue weighted by Crippen LogP contribution is 2.37. The summed E-state index contributed by atoms with van der Waals surface area (Å²) in [5.74, 6) is 0.493. The van der Waals surface area contributed by atoms with Crippen LogP contribution in [0.1, 0.15) is 43.6 Å². The van der Waals surface area contributed by atoms with Crippen LogP contribution in [0, 0.1) is 5.92 Å². The summed E-state index contributed by atoms with van der Waals surface area (Å²) in [6.45, 7) is 0. The van der Waals surface area contributed by atoms with Crippen molar-refractivity contribution in [1.29, 1.82) is 0 Å². The Balaban J connectivity index is 1.90. The van der Waals surface area contributed by atoms with Crippen LogP contribution in [-0.2, 0) is 4.79 Å². The van der Waals surface area contributed by atoms with Gasteiger partial charge < -0.3 is 10.2 Å². The molecule has 0 aliphatic heterocycles. The molecule has 0 radical (unpaired) electrons. The van der Waals surface area contributed by atoms with Gasteiger partial charge >= 0.3 is 5.97 Å². The van der Waals surface area contributed by atoms with Crippen molar-refractivity contribution < 1.29 is 15.0 Å². The van der Waals surface area contributed by atoms with E-state index in [1.807, 2.05) is 12.1 Å². The number of aliphatic carboxylic acids is 1. The van der Waals surface area contributed by atoms with Crippen molar-refractivity contribution in [3.8, 4) is 5.75 Å². The van der Waals surface area contributed by atoms with Gasteiger partial charge in [0.2, 0.25) is 0 Å². The second kappa shape index (κ2) is 5.21. The maximum Gasteiger partial charge on any atom is 0.303 e. The number of carboxylic acids is 1. The second-order valence-electron chi connectivity index (χ2n) is 4.91. The molecular formula is C14H18O3. The highest BCUT2D eigenvalue weighted by molar-refractivity contribution is 5.67. The highest BCUT2D eigenvalue weighted by atomic mass is 16.4. The zero-order valence-corrected chi connectivity index (χ0v) is 9.80. The minimum atomic E-state index is -0.682. The topological polar surface area (TPSA) is 57.5 Å². The van der Waals surface area contributed by atoms with Crippen LogP contribution in [0.2, 0.25) is 0 Å². The van der Waals surface area contributed by atoms with E-state index < -0.39 is 5.97 Å². The monoisotopic (exact) mass is 234 g/mol. The smallest absolute Gasteiger partial charge is 0.303 e. The molecular weight excluding hydrogens is 216 g/mol. The molecule has 0 saturated heterocycles. The number of hydrogen-bond acceptors (Lipinski definition) is 2. The summed E-state index contributed by atoms with van der Waals surface area (Å²) in [5.41, 5.74) is 1.26. The molecule has 0 unspecified atom stereocenters. The van der Waals surface area contributed by atoms with Gasteiger partial charge in [0.1, 0.15) is 5.75 Å². The minimum Gasteiger partial charge on any atom is -0.508 e. The molecule has 0 aromatic heterocycles. The van der Waals surface area contributed by atoms with Crippen LogP contribution in [0.15, 0.2) is 24.3 Å². The summed E-state index contributed by atoms with van der Waals surface area (Å²) in [5, 5.41) is 18.0. The van der Waals surface area contributed by atoms with Crippen LogP contribution in [0.4, 0.5) is 0 Å². The molecule has 3 heteroatoms. The fraction of sp³-hybridized carbons (Fsp3) is 0.500. The van der Waals surface area contributed by atoms with Crippen molar-refractivity contribution >= 4 is 5.97 Å². The van der Waals surface area contributed by atoms with E-state index in [0.717, 1.165) is 25.7 Å². The van der Waals surface area contributed by atoms with Crippen LogP contribution in [0.5, 0.6) is 5.75 Å². The average molecular weight is 234 g/mol. The molecule has 0 amide bonds. The number of rotatable bonds is 3. The van der Waals surface area contributed by atoms with Crippen LogP contribution < -0.4 is 0 Å². The van der Waals surface area contributed by atoms with Gasteiger partial charge in [-0.3, -0.25) is 4.79 Å². The number of phenolic OH excluding ortho intramolecular Hbond substituents is 1. The predicted molar refractivity (Wildman–Crippen MR) is 65.1 cm³/mol. The van der Waals surface area contributed by atoms with E-state index in [4.69, 9.17) is 5.11 Å². The molecule has 1 saturated carbocycles. The third-order valence-electron chi connectivity index (χ3n) is 3.67. The molecule has 92 valence electrons. The van der Waals surface area contributed by atoms with Gasteiger partial charge in [0.15, 0.2) is 0 Å². The Bertz CT molecular complexity index is 375. The lowest BCUT2D eigenvalue weighted by Gasteiger charge is -2.27. The van der Waals surface area contributed by atoms with Gasteiger partial charge in [-0.05, 0) is 55.2 Å². The number of aromatic hydroxyl groups is 1. The Kier molecular flexibility index (Phi) is 3.67. The first-order valence-corrected chi connectivity index (χ1v) is 6.16. The third kappa shape index (κ3) is 3.22. The summed E-state index contributed by atoms with van der Waals surface area (Å²) in [4.78, 5) is 10.6. The van der Waals surface area contributed by atoms with E-state index in [-0.39, 0.29) is 0 Å². The Hall–Kier alpha value is -1.51. The molecule has 3 nitrogen and oxygen atoms in total. The van der Waals surface area contributed by atoms with E-state index >= 15 is 0 Å². The Morgan fingerprint density at radius 1 is 1.12 bits per heavy atom. The van der Waals surface area contributed by atoms with Gasteiger partial charge in [0.05, 0.1) is 0 Å². The first-order chi connectivity index (χ1) is 8.15. The molecule has 1 aliphatic rings. The van der Waals surface area contributed by atoms with E-state index in [1.165, 1.54) is 5.56 Å². The summed E-state index contributed by atoms with van der Waals surface area (Å²) in [7, 11) is 0. The van der Waals surface area contributed by atoms with Crippen molar-refractivity contribution in [1.82, 2.24) is 0 Å². The molecule has 1 aromatic carbocycles. The number of phenols is 1. The maximum absolute atomic E-state index is 10.6. The van der Waals surface area contributed by atoms with Crippen LogP contribution in [0.3, 0.4) is 0 Å². The fourth-order valence-electron chi connectivity index (χ4n) is 2.69. The molecule has 0 bridgehead atoms.